The summed E-state index contributed by atoms with van der Waals surface area (Å²) >= 11 is 4.98. The molecule has 102 valence electrons. The second-order valence-corrected chi connectivity index (χ2v) is 4.81. The molecule has 0 saturated heterocycles. The quantitative estimate of drug-likeness (QED) is 0.674. The molecular weight excluding hydrogens is 250 g/mol. The Morgan fingerprint density at radius 1 is 1.50 bits per heavy atom. The summed E-state index contributed by atoms with van der Waals surface area (Å²) in [5, 5.41) is 8.16. The van der Waals surface area contributed by atoms with Crippen LogP contribution < -0.4 is 5.73 Å². The summed E-state index contributed by atoms with van der Waals surface area (Å²) in [5.41, 5.74) is 7.22. The fourth-order valence-corrected chi connectivity index (χ4v) is 1.85. The first-order valence-corrected chi connectivity index (χ1v) is 6.33. The van der Waals surface area contributed by atoms with Crippen LogP contribution in [0.2, 0.25) is 0 Å². The average molecular weight is 271 g/mol. The minimum Gasteiger partial charge on any atom is -0.388 e. The number of rotatable bonds is 8. The number of nitrogens with two attached hydrogens (primary N) is 1. The van der Waals surface area contributed by atoms with Gasteiger partial charge in [-0.05, 0) is 27.1 Å². The van der Waals surface area contributed by atoms with Gasteiger partial charge in [0.2, 0.25) is 0 Å². The number of aryl methyl sites for hydroxylation is 1. The van der Waals surface area contributed by atoms with Gasteiger partial charge >= 0.3 is 0 Å². The molecule has 0 aliphatic heterocycles. The minimum atomic E-state index is 0.292. The molecule has 1 heterocycles. The normalized spacial score (nSPS) is 11.1. The zero-order valence-corrected chi connectivity index (χ0v) is 12.0. The molecule has 7 heteroatoms. The molecule has 0 unspecified atom stereocenters. The molecule has 0 aliphatic rings. The monoisotopic (exact) mass is 271 g/mol. The fraction of sp³-hybridized carbons (Fsp3) is 0.727. The number of hydrogen-bond donors (Lipinski definition) is 1. The van der Waals surface area contributed by atoms with Crippen LogP contribution >= 0.6 is 12.2 Å². The molecule has 0 saturated carbocycles. The molecular formula is C11H21N5OS. The van der Waals surface area contributed by atoms with Crippen molar-refractivity contribution in [1.82, 2.24) is 19.9 Å². The van der Waals surface area contributed by atoms with Crippen LogP contribution in [-0.2, 0) is 17.7 Å². The molecule has 0 spiro atoms. The summed E-state index contributed by atoms with van der Waals surface area (Å²) in [4.78, 5) is 2.43. The van der Waals surface area contributed by atoms with Crippen molar-refractivity contribution >= 4 is 17.2 Å². The van der Waals surface area contributed by atoms with Crippen LogP contribution in [0.3, 0.4) is 0 Å². The molecule has 18 heavy (non-hydrogen) atoms. The Hall–Kier alpha value is -1.05. The lowest BCUT2D eigenvalue weighted by atomic mass is 10.2. The summed E-state index contributed by atoms with van der Waals surface area (Å²) in [6.07, 6.45) is 1.73. The van der Waals surface area contributed by atoms with Gasteiger partial charge in [0.25, 0.3) is 0 Å². The average Bonchev–Trinajstić information content (AvgIpc) is 2.69. The Balaban J connectivity index is 2.73. The third-order valence-corrected chi connectivity index (χ3v) is 2.78. The number of aromatic nitrogens is 3. The van der Waals surface area contributed by atoms with Gasteiger partial charge in [-0.2, -0.15) is 0 Å². The molecule has 0 bridgehead atoms. The molecule has 0 aromatic carbocycles. The van der Waals surface area contributed by atoms with Crippen molar-refractivity contribution in [1.29, 1.82) is 0 Å². The summed E-state index contributed by atoms with van der Waals surface area (Å²) in [7, 11) is 5.77. The summed E-state index contributed by atoms with van der Waals surface area (Å²) in [6, 6.07) is 0. The summed E-state index contributed by atoms with van der Waals surface area (Å²) < 4.78 is 6.96. The Morgan fingerprint density at radius 3 is 2.78 bits per heavy atom. The van der Waals surface area contributed by atoms with E-state index in [1.165, 1.54) is 0 Å². The van der Waals surface area contributed by atoms with Crippen molar-refractivity contribution in [3.8, 4) is 0 Å². The Labute approximate surface area is 113 Å². The lowest BCUT2D eigenvalue weighted by molar-refractivity contribution is 0.200. The molecule has 0 aliphatic carbocycles. The van der Waals surface area contributed by atoms with E-state index in [0.717, 1.165) is 31.6 Å². The fourth-order valence-electron chi connectivity index (χ4n) is 1.69. The predicted octanol–water partition coefficient (Wildman–Crippen LogP) is 0.0529. The van der Waals surface area contributed by atoms with Gasteiger partial charge in [0.1, 0.15) is 10.7 Å². The first kappa shape index (κ1) is 15.0. The van der Waals surface area contributed by atoms with E-state index < -0.39 is 0 Å². The molecule has 2 N–H and O–H groups in total. The van der Waals surface area contributed by atoms with Gasteiger partial charge in [-0.15, -0.1) is 5.10 Å². The highest BCUT2D eigenvalue weighted by molar-refractivity contribution is 7.80. The lowest BCUT2D eigenvalue weighted by Crippen LogP contribution is -2.18. The zero-order valence-electron chi connectivity index (χ0n) is 11.2. The third kappa shape index (κ3) is 4.32. The molecule has 0 fully saturated rings. The highest BCUT2D eigenvalue weighted by Crippen LogP contribution is 2.08. The standard InChI is InChI=1S/C11H21N5OS/c1-15(2)6-4-7-16-9(5-8-17-3)10(11(12)18)13-14-16/h4-8H2,1-3H3,(H2,12,18). The summed E-state index contributed by atoms with van der Waals surface area (Å²) in [6.45, 7) is 2.43. The maximum absolute atomic E-state index is 5.64. The largest absolute Gasteiger partial charge is 0.388 e. The Morgan fingerprint density at radius 2 is 2.22 bits per heavy atom. The van der Waals surface area contributed by atoms with Crippen molar-refractivity contribution in [3.63, 3.8) is 0 Å². The number of hydrogen-bond acceptors (Lipinski definition) is 5. The third-order valence-electron chi connectivity index (χ3n) is 2.59. The second-order valence-electron chi connectivity index (χ2n) is 4.37. The molecule has 0 atom stereocenters. The summed E-state index contributed by atoms with van der Waals surface area (Å²) in [5.74, 6) is 0. The van der Waals surface area contributed by atoms with Gasteiger partial charge in [0, 0.05) is 20.1 Å². The van der Waals surface area contributed by atoms with E-state index in [4.69, 9.17) is 22.7 Å². The number of methoxy groups -OCH3 is 1. The second kappa shape index (κ2) is 7.40. The van der Waals surface area contributed by atoms with Crippen LogP contribution in [0.15, 0.2) is 0 Å². The lowest BCUT2D eigenvalue weighted by Gasteiger charge is -2.10. The van der Waals surface area contributed by atoms with Crippen LogP contribution in [0.25, 0.3) is 0 Å². The topological polar surface area (TPSA) is 69.2 Å². The van der Waals surface area contributed by atoms with Gasteiger partial charge in [-0.1, -0.05) is 17.4 Å². The van der Waals surface area contributed by atoms with E-state index in [2.05, 4.69) is 15.2 Å². The van der Waals surface area contributed by atoms with E-state index >= 15 is 0 Å². The SMILES string of the molecule is COCCc1c(C(N)=S)nnn1CCCN(C)C. The Kier molecular flexibility index (Phi) is 6.17. The predicted molar refractivity (Wildman–Crippen MR) is 74.7 cm³/mol. The number of ether oxygens (including phenoxy) is 1. The smallest absolute Gasteiger partial charge is 0.143 e. The van der Waals surface area contributed by atoms with Crippen LogP contribution in [0, 0.1) is 0 Å². The van der Waals surface area contributed by atoms with E-state index in [9.17, 15) is 0 Å². The van der Waals surface area contributed by atoms with Crippen LogP contribution in [-0.4, -0.2) is 59.2 Å². The van der Waals surface area contributed by atoms with Crippen LogP contribution in [0.5, 0.6) is 0 Å². The highest BCUT2D eigenvalue weighted by atomic mass is 32.1. The maximum Gasteiger partial charge on any atom is 0.143 e. The molecule has 1 aromatic heterocycles. The van der Waals surface area contributed by atoms with E-state index in [1.807, 2.05) is 18.8 Å². The van der Waals surface area contributed by atoms with E-state index in [0.29, 0.717) is 17.3 Å². The van der Waals surface area contributed by atoms with Crippen molar-refractivity contribution < 1.29 is 4.74 Å². The molecule has 1 rings (SSSR count). The van der Waals surface area contributed by atoms with Crippen molar-refractivity contribution in [2.24, 2.45) is 5.73 Å². The molecule has 6 nitrogen and oxygen atoms in total. The number of thiocarbonyl (C=S) groups is 1. The van der Waals surface area contributed by atoms with Crippen molar-refractivity contribution in [3.05, 3.63) is 11.4 Å². The first-order valence-electron chi connectivity index (χ1n) is 5.92. The Bertz CT molecular complexity index is 391. The number of nitrogens with zero attached hydrogens (tertiary/aromatic N) is 4. The van der Waals surface area contributed by atoms with Crippen molar-refractivity contribution in [2.75, 3.05) is 34.4 Å². The maximum atomic E-state index is 5.64. The van der Waals surface area contributed by atoms with Gasteiger partial charge in [-0.3, -0.25) is 0 Å². The van der Waals surface area contributed by atoms with Crippen LogP contribution in [0.1, 0.15) is 17.8 Å². The molecule has 1 aromatic rings. The molecule has 0 amide bonds. The van der Waals surface area contributed by atoms with Crippen molar-refractivity contribution in [2.45, 2.75) is 19.4 Å². The zero-order chi connectivity index (χ0) is 13.5. The van der Waals surface area contributed by atoms with E-state index in [-0.39, 0.29) is 0 Å². The van der Waals surface area contributed by atoms with Gasteiger partial charge in [-0.25, -0.2) is 4.68 Å². The van der Waals surface area contributed by atoms with Crippen LogP contribution in [0.4, 0.5) is 0 Å². The first-order chi connectivity index (χ1) is 8.56. The van der Waals surface area contributed by atoms with Gasteiger partial charge < -0.3 is 15.4 Å². The van der Waals surface area contributed by atoms with Gasteiger partial charge in [0.15, 0.2) is 0 Å². The highest BCUT2D eigenvalue weighted by Gasteiger charge is 2.14. The molecule has 0 radical (unpaired) electrons. The minimum absolute atomic E-state index is 0.292. The van der Waals surface area contributed by atoms with Gasteiger partial charge in [0.05, 0.1) is 12.3 Å². The van der Waals surface area contributed by atoms with E-state index in [1.54, 1.807) is 7.11 Å².